The monoisotopic (exact) mass is 617 g/mol. The number of methoxy groups -OCH3 is 1. The zero-order valence-corrected chi connectivity index (χ0v) is 25.8. The van der Waals surface area contributed by atoms with Crippen molar-refractivity contribution in [1.29, 1.82) is 0 Å². The Bertz CT molecular complexity index is 1660. The molecule has 0 fully saturated rings. The van der Waals surface area contributed by atoms with E-state index >= 15 is 0 Å². The van der Waals surface area contributed by atoms with Crippen LogP contribution in [0.3, 0.4) is 0 Å². The lowest BCUT2D eigenvalue weighted by Crippen LogP contribution is -2.53. The maximum atomic E-state index is 14.4. The molecule has 44 heavy (non-hydrogen) atoms. The van der Waals surface area contributed by atoms with Crippen LogP contribution in [0, 0.1) is 12.7 Å². The third-order valence-corrected chi connectivity index (χ3v) is 8.91. The van der Waals surface area contributed by atoms with Crippen LogP contribution in [0.4, 0.5) is 10.1 Å². The van der Waals surface area contributed by atoms with Crippen LogP contribution >= 0.6 is 0 Å². The van der Waals surface area contributed by atoms with Crippen molar-refractivity contribution >= 4 is 27.5 Å². The summed E-state index contributed by atoms with van der Waals surface area (Å²) in [7, 11) is -2.77. The number of halogens is 1. The van der Waals surface area contributed by atoms with Crippen LogP contribution < -0.4 is 14.4 Å². The van der Waals surface area contributed by atoms with Crippen molar-refractivity contribution < 1.29 is 27.1 Å². The molecule has 0 aliphatic carbocycles. The average molecular weight is 618 g/mol. The first-order valence-electron chi connectivity index (χ1n) is 14.2. The van der Waals surface area contributed by atoms with Gasteiger partial charge in [0, 0.05) is 25.6 Å². The molecule has 0 aromatic heterocycles. The molecule has 0 saturated heterocycles. The normalized spacial score (nSPS) is 11.8. The van der Waals surface area contributed by atoms with Gasteiger partial charge in [-0.1, -0.05) is 66.2 Å². The third-order valence-electron chi connectivity index (χ3n) is 7.12. The maximum absolute atomic E-state index is 14.4. The molecule has 0 spiro atoms. The van der Waals surface area contributed by atoms with Crippen LogP contribution in [0.5, 0.6) is 5.75 Å². The number of carbonyl (C=O) groups excluding carboxylic acids is 2. The number of likely N-dealkylation sites (N-methyl/N-ethyl adjacent to an activating group) is 1. The van der Waals surface area contributed by atoms with Gasteiger partial charge in [-0.05, 0) is 61.4 Å². The molecular weight excluding hydrogens is 581 g/mol. The Morgan fingerprint density at radius 1 is 0.886 bits per heavy atom. The van der Waals surface area contributed by atoms with Crippen molar-refractivity contribution in [2.45, 2.75) is 37.8 Å². The van der Waals surface area contributed by atoms with Crippen molar-refractivity contribution in [2.75, 3.05) is 24.5 Å². The van der Waals surface area contributed by atoms with Crippen molar-refractivity contribution in [2.24, 2.45) is 0 Å². The van der Waals surface area contributed by atoms with E-state index in [0.29, 0.717) is 17.9 Å². The van der Waals surface area contributed by atoms with Crippen molar-refractivity contribution in [3.05, 3.63) is 126 Å². The van der Waals surface area contributed by atoms with Gasteiger partial charge in [0.1, 0.15) is 24.2 Å². The minimum atomic E-state index is -4.24. The number of amides is 2. The largest absolute Gasteiger partial charge is 0.497 e. The number of ether oxygens (including phenoxy) is 1. The fourth-order valence-electron chi connectivity index (χ4n) is 4.76. The molecule has 1 N–H and O–H groups in total. The molecule has 2 amide bonds. The molecule has 1 atom stereocenters. The molecule has 4 rings (SSSR count). The van der Waals surface area contributed by atoms with Crippen LogP contribution in [0.2, 0.25) is 0 Å². The van der Waals surface area contributed by atoms with Crippen LogP contribution in [0.1, 0.15) is 23.6 Å². The van der Waals surface area contributed by atoms with E-state index in [-0.39, 0.29) is 29.5 Å². The predicted octanol–water partition coefficient (Wildman–Crippen LogP) is 5.11. The number of nitrogens with zero attached hydrogens (tertiary/aromatic N) is 2. The molecule has 0 heterocycles. The Kier molecular flexibility index (Phi) is 10.7. The van der Waals surface area contributed by atoms with E-state index in [1.165, 1.54) is 54.5 Å². The van der Waals surface area contributed by atoms with E-state index in [9.17, 15) is 22.4 Å². The maximum Gasteiger partial charge on any atom is 0.264 e. The Balaban J connectivity index is 1.80. The molecule has 1 unspecified atom stereocenters. The highest BCUT2D eigenvalue weighted by molar-refractivity contribution is 7.92. The molecule has 0 radical (unpaired) electrons. The van der Waals surface area contributed by atoms with Crippen molar-refractivity contribution in [3.8, 4) is 5.75 Å². The van der Waals surface area contributed by atoms with Gasteiger partial charge in [0.05, 0.1) is 17.7 Å². The summed E-state index contributed by atoms with van der Waals surface area (Å²) in [6.45, 7) is 3.31. The van der Waals surface area contributed by atoms with Gasteiger partial charge in [0.25, 0.3) is 10.0 Å². The first-order chi connectivity index (χ1) is 21.1. The minimum absolute atomic E-state index is 0.00775. The molecular formula is C34H36FN3O5S. The lowest BCUT2D eigenvalue weighted by molar-refractivity contribution is -0.140. The number of aryl methyl sites for hydroxylation is 1. The number of carbonyl (C=O) groups is 2. The van der Waals surface area contributed by atoms with Gasteiger partial charge < -0.3 is 15.0 Å². The Labute approximate surface area is 258 Å². The van der Waals surface area contributed by atoms with E-state index in [0.717, 1.165) is 15.4 Å². The highest BCUT2D eigenvalue weighted by Gasteiger charge is 2.34. The number of hydrogen-bond donors (Lipinski definition) is 1. The number of anilines is 1. The summed E-state index contributed by atoms with van der Waals surface area (Å²) < 4.78 is 48.3. The summed E-state index contributed by atoms with van der Waals surface area (Å²) in [6, 6.07) is 26.7. The van der Waals surface area contributed by atoms with E-state index in [4.69, 9.17) is 4.74 Å². The molecule has 0 bridgehead atoms. The molecule has 230 valence electrons. The summed E-state index contributed by atoms with van der Waals surface area (Å²) in [4.78, 5) is 29.2. The standard InChI is InChI=1S/C34H36FN3O5S/c1-4-36-34(40)32(21-26-9-6-5-7-10-26)37(23-27-15-17-28(35)18-16-27)33(39)24-38(29-11-8-12-30(22-29)43-3)44(41,42)31-19-13-25(2)14-20-31/h5-20,22,32H,4,21,23-24H2,1-3H3,(H,36,40). The zero-order chi connectivity index (χ0) is 31.7. The number of rotatable bonds is 13. The summed E-state index contributed by atoms with van der Waals surface area (Å²) in [5.74, 6) is -1.03. The minimum Gasteiger partial charge on any atom is -0.497 e. The summed E-state index contributed by atoms with van der Waals surface area (Å²) in [6.07, 6.45) is 0.184. The summed E-state index contributed by atoms with van der Waals surface area (Å²) in [5, 5.41) is 2.82. The fourth-order valence-corrected chi connectivity index (χ4v) is 6.17. The van der Waals surface area contributed by atoms with Gasteiger partial charge in [0.15, 0.2) is 0 Å². The highest BCUT2D eigenvalue weighted by atomic mass is 32.2. The van der Waals surface area contributed by atoms with Crippen LogP contribution in [-0.2, 0) is 32.6 Å². The molecule has 8 nitrogen and oxygen atoms in total. The summed E-state index contributed by atoms with van der Waals surface area (Å²) in [5.41, 5.74) is 2.50. The van der Waals surface area contributed by atoms with Crippen LogP contribution in [0.15, 0.2) is 108 Å². The quantitative estimate of drug-likeness (QED) is 0.225. The fraction of sp³-hybridized carbons (Fsp3) is 0.235. The molecule has 10 heteroatoms. The smallest absolute Gasteiger partial charge is 0.264 e. The van der Waals surface area contributed by atoms with Gasteiger partial charge in [-0.15, -0.1) is 0 Å². The van der Waals surface area contributed by atoms with Gasteiger partial charge in [0.2, 0.25) is 11.8 Å². The van der Waals surface area contributed by atoms with E-state index in [1.807, 2.05) is 37.3 Å². The second-order valence-corrected chi connectivity index (χ2v) is 12.1. The lowest BCUT2D eigenvalue weighted by Gasteiger charge is -2.34. The predicted molar refractivity (Wildman–Crippen MR) is 168 cm³/mol. The van der Waals surface area contributed by atoms with Gasteiger partial charge in [-0.25, -0.2) is 12.8 Å². The Morgan fingerprint density at radius 2 is 1.57 bits per heavy atom. The van der Waals surface area contributed by atoms with Gasteiger partial charge >= 0.3 is 0 Å². The van der Waals surface area contributed by atoms with Crippen LogP contribution in [-0.4, -0.2) is 51.4 Å². The SMILES string of the molecule is CCNC(=O)C(Cc1ccccc1)N(Cc1ccc(F)cc1)C(=O)CN(c1cccc(OC)c1)S(=O)(=O)c1ccc(C)cc1. The van der Waals surface area contributed by atoms with Gasteiger partial charge in [-0.3, -0.25) is 13.9 Å². The third kappa shape index (κ3) is 8.02. The molecule has 0 aliphatic rings. The van der Waals surface area contributed by atoms with Crippen molar-refractivity contribution in [3.63, 3.8) is 0 Å². The molecule has 4 aromatic carbocycles. The number of hydrogen-bond acceptors (Lipinski definition) is 5. The van der Waals surface area contributed by atoms with E-state index < -0.39 is 34.3 Å². The summed E-state index contributed by atoms with van der Waals surface area (Å²) >= 11 is 0. The zero-order valence-electron chi connectivity index (χ0n) is 24.9. The van der Waals surface area contributed by atoms with E-state index in [1.54, 1.807) is 37.3 Å². The average Bonchev–Trinajstić information content (AvgIpc) is 3.03. The second kappa shape index (κ2) is 14.7. The Morgan fingerprint density at radius 3 is 2.20 bits per heavy atom. The molecule has 0 aliphatic heterocycles. The molecule has 4 aromatic rings. The first kappa shape index (κ1) is 32.2. The first-order valence-corrected chi connectivity index (χ1v) is 15.7. The molecule has 0 saturated carbocycles. The van der Waals surface area contributed by atoms with E-state index in [2.05, 4.69) is 5.32 Å². The van der Waals surface area contributed by atoms with Crippen molar-refractivity contribution in [1.82, 2.24) is 10.2 Å². The second-order valence-electron chi connectivity index (χ2n) is 10.3. The Hall–Kier alpha value is -4.70. The number of benzene rings is 4. The topological polar surface area (TPSA) is 96.0 Å². The highest BCUT2D eigenvalue weighted by Crippen LogP contribution is 2.28. The van der Waals surface area contributed by atoms with Crippen LogP contribution in [0.25, 0.3) is 0 Å². The van der Waals surface area contributed by atoms with Gasteiger partial charge in [-0.2, -0.15) is 0 Å². The number of nitrogens with one attached hydrogen (secondary N) is 1. The number of sulfonamides is 1. The lowest BCUT2D eigenvalue weighted by atomic mass is 10.0.